The number of benzene rings is 1. The number of aromatic hydroxyl groups is 1. The number of amides is 1. The van der Waals surface area contributed by atoms with Crippen LogP contribution in [0.25, 0.3) is 0 Å². The summed E-state index contributed by atoms with van der Waals surface area (Å²) in [4.78, 5) is 25.7. The lowest BCUT2D eigenvalue weighted by molar-refractivity contribution is -0.116. The molecule has 0 aliphatic rings. The van der Waals surface area contributed by atoms with Gasteiger partial charge in [0.2, 0.25) is 5.91 Å². The predicted octanol–water partition coefficient (Wildman–Crippen LogP) is 4.18. The van der Waals surface area contributed by atoms with E-state index in [9.17, 15) is 14.7 Å². The molecule has 0 aliphatic heterocycles. The van der Waals surface area contributed by atoms with E-state index in [0.29, 0.717) is 11.4 Å². The number of hydrogen-bond donors (Lipinski definition) is 2. The van der Waals surface area contributed by atoms with Gasteiger partial charge in [-0.1, -0.05) is 23.8 Å². The summed E-state index contributed by atoms with van der Waals surface area (Å²) in [6, 6.07) is 12.6. The van der Waals surface area contributed by atoms with Crippen LogP contribution in [0.4, 0.5) is 5.69 Å². The molecule has 0 fully saturated rings. The van der Waals surface area contributed by atoms with E-state index in [-0.39, 0.29) is 23.6 Å². The molecule has 3 rings (SSSR count). The lowest BCUT2D eigenvalue weighted by atomic mass is 9.94. The molecule has 0 bridgehead atoms. The summed E-state index contributed by atoms with van der Waals surface area (Å²) in [6.07, 6.45) is 0.0236. The van der Waals surface area contributed by atoms with E-state index in [4.69, 9.17) is 4.42 Å². The molecule has 1 amide bonds. The maximum Gasteiger partial charge on any atom is 0.343 e. The number of anilines is 1. The van der Waals surface area contributed by atoms with Crippen LogP contribution >= 0.6 is 11.3 Å². The number of nitrogens with one attached hydrogen (secondary N) is 1. The van der Waals surface area contributed by atoms with Crippen molar-refractivity contribution in [2.24, 2.45) is 0 Å². The van der Waals surface area contributed by atoms with Gasteiger partial charge < -0.3 is 14.8 Å². The highest BCUT2D eigenvalue weighted by Gasteiger charge is 2.26. The first-order valence-electron chi connectivity index (χ1n) is 8.17. The van der Waals surface area contributed by atoms with E-state index in [0.717, 1.165) is 10.4 Å². The second-order valence-corrected chi connectivity index (χ2v) is 7.11. The van der Waals surface area contributed by atoms with Crippen LogP contribution < -0.4 is 10.9 Å². The zero-order valence-electron chi connectivity index (χ0n) is 14.5. The van der Waals surface area contributed by atoms with Crippen LogP contribution in [0.2, 0.25) is 0 Å². The standard InChI is InChI=1S/C20H19NO4S/c1-12-5-7-14(8-6-12)21-18(23)11-15(17-4-3-9-26-17)19-16(22)10-13(2)25-20(19)24/h3-10,15,22H,11H2,1-2H3,(H,21,23). The second kappa shape index (κ2) is 7.58. The molecule has 134 valence electrons. The summed E-state index contributed by atoms with van der Waals surface area (Å²) in [5, 5.41) is 15.0. The largest absolute Gasteiger partial charge is 0.507 e. The molecule has 1 aromatic carbocycles. The van der Waals surface area contributed by atoms with E-state index >= 15 is 0 Å². The quantitative estimate of drug-likeness (QED) is 0.707. The SMILES string of the molecule is Cc1ccc(NC(=O)CC(c2cccs2)c2c(O)cc(C)oc2=O)cc1. The Labute approximate surface area is 154 Å². The van der Waals surface area contributed by atoms with Crippen molar-refractivity contribution in [1.82, 2.24) is 0 Å². The molecular weight excluding hydrogens is 350 g/mol. The third-order valence-electron chi connectivity index (χ3n) is 4.05. The molecule has 0 saturated heterocycles. The molecule has 26 heavy (non-hydrogen) atoms. The molecule has 5 nitrogen and oxygen atoms in total. The fourth-order valence-corrected chi connectivity index (χ4v) is 3.63. The average Bonchev–Trinajstić information content (AvgIpc) is 3.09. The van der Waals surface area contributed by atoms with Crippen LogP contribution in [0, 0.1) is 13.8 Å². The first-order valence-corrected chi connectivity index (χ1v) is 9.05. The predicted molar refractivity (Wildman–Crippen MR) is 102 cm³/mol. The monoisotopic (exact) mass is 369 g/mol. The smallest absolute Gasteiger partial charge is 0.343 e. The van der Waals surface area contributed by atoms with E-state index in [1.54, 1.807) is 6.92 Å². The summed E-state index contributed by atoms with van der Waals surface area (Å²) in [6.45, 7) is 3.56. The van der Waals surface area contributed by atoms with E-state index in [1.165, 1.54) is 17.4 Å². The van der Waals surface area contributed by atoms with E-state index < -0.39 is 11.5 Å². The van der Waals surface area contributed by atoms with Crippen LogP contribution in [0.3, 0.4) is 0 Å². The fourth-order valence-electron chi connectivity index (χ4n) is 2.80. The minimum atomic E-state index is -0.621. The van der Waals surface area contributed by atoms with Crippen LogP contribution in [-0.2, 0) is 4.79 Å². The van der Waals surface area contributed by atoms with Gasteiger partial charge in [-0.25, -0.2) is 4.79 Å². The topological polar surface area (TPSA) is 79.5 Å². The third-order valence-corrected chi connectivity index (χ3v) is 5.04. The number of hydrogen-bond acceptors (Lipinski definition) is 5. The van der Waals surface area contributed by atoms with E-state index in [1.807, 2.05) is 48.7 Å². The molecule has 0 aliphatic carbocycles. The van der Waals surface area contributed by atoms with Gasteiger partial charge in [-0.2, -0.15) is 0 Å². The molecule has 1 unspecified atom stereocenters. The van der Waals surface area contributed by atoms with Crippen molar-refractivity contribution in [3.63, 3.8) is 0 Å². The molecule has 2 heterocycles. The maximum atomic E-state index is 12.5. The summed E-state index contributed by atoms with van der Waals surface area (Å²) >= 11 is 1.43. The number of rotatable bonds is 5. The molecular formula is C20H19NO4S. The maximum absolute atomic E-state index is 12.5. The highest BCUT2D eigenvalue weighted by Crippen LogP contribution is 2.34. The molecule has 1 atom stereocenters. The van der Waals surface area contributed by atoms with Crippen molar-refractivity contribution in [3.05, 3.63) is 80.0 Å². The van der Waals surface area contributed by atoms with Crippen molar-refractivity contribution in [1.29, 1.82) is 0 Å². The zero-order valence-corrected chi connectivity index (χ0v) is 15.3. The van der Waals surface area contributed by atoms with Crippen LogP contribution in [-0.4, -0.2) is 11.0 Å². The van der Waals surface area contributed by atoms with Gasteiger partial charge in [-0.15, -0.1) is 11.3 Å². The van der Waals surface area contributed by atoms with Crippen molar-refractivity contribution >= 4 is 22.9 Å². The van der Waals surface area contributed by atoms with Gasteiger partial charge in [0.05, 0.1) is 5.56 Å². The number of carbonyl (C=O) groups excluding carboxylic acids is 1. The van der Waals surface area contributed by atoms with Crippen molar-refractivity contribution in [2.75, 3.05) is 5.32 Å². The van der Waals surface area contributed by atoms with Gasteiger partial charge in [-0.3, -0.25) is 4.79 Å². The zero-order chi connectivity index (χ0) is 18.7. The molecule has 3 aromatic rings. The molecule has 0 radical (unpaired) electrons. The Bertz CT molecular complexity index is 958. The first kappa shape index (κ1) is 17.9. The van der Waals surface area contributed by atoms with E-state index in [2.05, 4.69) is 5.32 Å². The Morgan fingerprint density at radius 2 is 1.96 bits per heavy atom. The Balaban J connectivity index is 1.90. The van der Waals surface area contributed by atoms with Gasteiger partial charge in [-0.05, 0) is 37.4 Å². The Kier molecular flexibility index (Phi) is 5.23. The number of thiophene rings is 1. The summed E-state index contributed by atoms with van der Waals surface area (Å²) < 4.78 is 5.14. The van der Waals surface area contributed by atoms with Crippen molar-refractivity contribution in [3.8, 4) is 5.75 Å². The van der Waals surface area contributed by atoms with Gasteiger partial charge >= 0.3 is 5.63 Å². The van der Waals surface area contributed by atoms with Crippen molar-refractivity contribution < 1.29 is 14.3 Å². The summed E-state index contributed by atoms with van der Waals surface area (Å²) in [7, 11) is 0. The van der Waals surface area contributed by atoms with Gasteiger partial charge in [0.25, 0.3) is 0 Å². The van der Waals surface area contributed by atoms with Crippen LogP contribution in [0.15, 0.2) is 57.1 Å². The molecule has 6 heteroatoms. The van der Waals surface area contributed by atoms with Gasteiger partial charge in [0.15, 0.2) is 0 Å². The minimum absolute atomic E-state index is 0.0236. The van der Waals surface area contributed by atoms with Gasteiger partial charge in [0.1, 0.15) is 11.5 Å². The van der Waals surface area contributed by atoms with Crippen molar-refractivity contribution in [2.45, 2.75) is 26.2 Å². The van der Waals surface area contributed by atoms with Crippen LogP contribution in [0.1, 0.15) is 34.1 Å². The highest BCUT2D eigenvalue weighted by atomic mass is 32.1. The summed E-state index contributed by atoms with van der Waals surface area (Å²) in [5.41, 5.74) is 1.27. The second-order valence-electron chi connectivity index (χ2n) is 6.13. The number of aryl methyl sites for hydroxylation is 2. The van der Waals surface area contributed by atoms with Gasteiger partial charge in [0, 0.05) is 29.0 Å². The third kappa shape index (κ3) is 4.03. The molecule has 2 N–H and O–H groups in total. The Morgan fingerprint density at radius 1 is 1.23 bits per heavy atom. The van der Waals surface area contributed by atoms with Crippen LogP contribution in [0.5, 0.6) is 5.75 Å². The highest BCUT2D eigenvalue weighted by molar-refractivity contribution is 7.10. The molecule has 0 saturated carbocycles. The fraction of sp³-hybridized carbons (Fsp3) is 0.200. The Hall–Kier alpha value is -2.86. The summed E-state index contributed by atoms with van der Waals surface area (Å²) in [5.74, 6) is -0.644. The number of carbonyl (C=O) groups is 1. The normalized spacial score (nSPS) is 11.9. The lowest BCUT2D eigenvalue weighted by Gasteiger charge is -2.16. The average molecular weight is 369 g/mol. The molecule has 2 aromatic heterocycles. The Morgan fingerprint density at radius 3 is 2.58 bits per heavy atom. The lowest BCUT2D eigenvalue weighted by Crippen LogP contribution is -2.20. The molecule has 0 spiro atoms. The first-order chi connectivity index (χ1) is 12.4. The minimum Gasteiger partial charge on any atom is -0.507 e.